The molecule has 4 heteroatoms. The van der Waals surface area contributed by atoms with Gasteiger partial charge in [-0.2, -0.15) is 12.6 Å². The molecule has 0 aliphatic heterocycles. The highest BCUT2D eigenvalue weighted by atomic mass is 35.5. The largest absolute Gasteiger partial charge is 0.389 e. The number of halogens is 1. The number of aliphatic hydroxyl groups is 2. The molecule has 2 unspecified atom stereocenters. The van der Waals surface area contributed by atoms with Crippen molar-refractivity contribution in [3.63, 3.8) is 0 Å². The highest BCUT2D eigenvalue weighted by Gasteiger charge is 2.19. The summed E-state index contributed by atoms with van der Waals surface area (Å²) in [6, 6.07) is 5.33. The molecule has 1 rings (SSSR count). The lowest BCUT2D eigenvalue weighted by Crippen LogP contribution is -2.20. The number of aliphatic hydroxyl groups excluding tert-OH is 2. The van der Waals surface area contributed by atoms with Crippen LogP contribution in [0, 0.1) is 6.92 Å². The molecule has 1 aromatic rings. The van der Waals surface area contributed by atoms with Crippen molar-refractivity contribution in [1.29, 1.82) is 0 Å². The van der Waals surface area contributed by atoms with Gasteiger partial charge in [-0.3, -0.25) is 0 Å². The van der Waals surface area contributed by atoms with Crippen molar-refractivity contribution in [3.05, 3.63) is 34.3 Å². The average Bonchev–Trinajstić information content (AvgIpc) is 2.19. The van der Waals surface area contributed by atoms with Crippen LogP contribution in [0.4, 0.5) is 0 Å². The van der Waals surface area contributed by atoms with Gasteiger partial charge < -0.3 is 10.2 Å². The quantitative estimate of drug-likeness (QED) is 0.698. The standard InChI is InChI=1S/C10H13ClO2S/c1-6-2-3-8(11)7(4-6)10(13)9(12)5-14/h2-4,9-10,12-14H,5H2,1H3. The van der Waals surface area contributed by atoms with E-state index in [-0.39, 0.29) is 5.75 Å². The van der Waals surface area contributed by atoms with Crippen LogP contribution in [0.25, 0.3) is 0 Å². The third kappa shape index (κ3) is 2.64. The Morgan fingerprint density at radius 1 is 1.43 bits per heavy atom. The molecular formula is C10H13ClO2S. The summed E-state index contributed by atoms with van der Waals surface area (Å²) < 4.78 is 0. The lowest BCUT2D eigenvalue weighted by Gasteiger charge is -2.17. The number of rotatable bonds is 3. The van der Waals surface area contributed by atoms with Gasteiger partial charge >= 0.3 is 0 Å². The molecule has 0 heterocycles. The second kappa shape index (κ2) is 5.03. The molecule has 0 amide bonds. The van der Waals surface area contributed by atoms with Gasteiger partial charge in [-0.1, -0.05) is 29.3 Å². The minimum Gasteiger partial charge on any atom is -0.389 e. The Morgan fingerprint density at radius 2 is 2.07 bits per heavy atom. The molecular weight excluding hydrogens is 220 g/mol. The van der Waals surface area contributed by atoms with E-state index in [0.717, 1.165) is 5.56 Å². The Hall–Kier alpha value is -0.220. The second-order valence-corrected chi connectivity index (χ2v) is 3.99. The predicted octanol–water partition coefficient (Wildman–Crippen LogP) is 1.97. The van der Waals surface area contributed by atoms with E-state index >= 15 is 0 Å². The van der Waals surface area contributed by atoms with Crippen LogP contribution in [-0.2, 0) is 0 Å². The third-order valence-electron chi connectivity index (χ3n) is 2.02. The van der Waals surface area contributed by atoms with E-state index in [2.05, 4.69) is 12.6 Å². The number of benzene rings is 1. The molecule has 0 aliphatic rings. The maximum atomic E-state index is 9.71. The van der Waals surface area contributed by atoms with Gasteiger partial charge in [0.1, 0.15) is 6.10 Å². The summed E-state index contributed by atoms with van der Waals surface area (Å²) in [7, 11) is 0. The summed E-state index contributed by atoms with van der Waals surface area (Å²) >= 11 is 9.81. The smallest absolute Gasteiger partial charge is 0.107 e. The van der Waals surface area contributed by atoms with E-state index in [1.807, 2.05) is 13.0 Å². The molecule has 0 aliphatic carbocycles. The first kappa shape index (κ1) is 11.9. The molecule has 0 aromatic heterocycles. The van der Waals surface area contributed by atoms with Gasteiger partial charge in [0.2, 0.25) is 0 Å². The van der Waals surface area contributed by atoms with Crippen molar-refractivity contribution in [1.82, 2.24) is 0 Å². The lowest BCUT2D eigenvalue weighted by molar-refractivity contribution is 0.0338. The van der Waals surface area contributed by atoms with Gasteiger partial charge in [-0.25, -0.2) is 0 Å². The molecule has 0 radical (unpaired) electrons. The molecule has 2 N–H and O–H groups in total. The highest BCUT2D eigenvalue weighted by molar-refractivity contribution is 7.80. The molecule has 0 bridgehead atoms. The fraction of sp³-hybridized carbons (Fsp3) is 0.400. The molecule has 0 saturated carbocycles. The summed E-state index contributed by atoms with van der Waals surface area (Å²) in [5.41, 5.74) is 1.54. The SMILES string of the molecule is Cc1ccc(Cl)c(C(O)C(O)CS)c1. The molecule has 0 fully saturated rings. The average molecular weight is 233 g/mol. The maximum absolute atomic E-state index is 9.71. The molecule has 0 spiro atoms. The van der Waals surface area contributed by atoms with Gasteiger partial charge in [0, 0.05) is 16.3 Å². The topological polar surface area (TPSA) is 40.5 Å². The Bertz CT molecular complexity index is 317. The van der Waals surface area contributed by atoms with Gasteiger partial charge in [0.05, 0.1) is 6.10 Å². The second-order valence-electron chi connectivity index (χ2n) is 3.22. The van der Waals surface area contributed by atoms with E-state index in [9.17, 15) is 10.2 Å². The highest BCUT2D eigenvalue weighted by Crippen LogP contribution is 2.26. The Morgan fingerprint density at radius 3 is 2.64 bits per heavy atom. The van der Waals surface area contributed by atoms with Crippen LogP contribution in [0.1, 0.15) is 17.2 Å². The minimum atomic E-state index is -0.972. The zero-order valence-electron chi connectivity index (χ0n) is 7.81. The first-order valence-corrected chi connectivity index (χ1v) is 5.30. The molecule has 0 saturated heterocycles. The first-order chi connectivity index (χ1) is 6.56. The van der Waals surface area contributed by atoms with Crippen LogP contribution in [0.5, 0.6) is 0 Å². The van der Waals surface area contributed by atoms with Crippen molar-refractivity contribution in [2.75, 3.05) is 5.75 Å². The number of thiol groups is 1. The van der Waals surface area contributed by atoms with E-state index in [0.29, 0.717) is 10.6 Å². The monoisotopic (exact) mass is 232 g/mol. The van der Waals surface area contributed by atoms with Crippen molar-refractivity contribution in [2.45, 2.75) is 19.1 Å². The third-order valence-corrected chi connectivity index (χ3v) is 2.74. The zero-order chi connectivity index (χ0) is 10.7. The van der Waals surface area contributed by atoms with Crippen LogP contribution >= 0.6 is 24.2 Å². The summed E-state index contributed by atoms with van der Waals surface area (Å²) in [5, 5.41) is 19.6. The first-order valence-electron chi connectivity index (χ1n) is 4.29. The van der Waals surface area contributed by atoms with Crippen molar-refractivity contribution >= 4 is 24.2 Å². The lowest BCUT2D eigenvalue weighted by atomic mass is 10.0. The van der Waals surface area contributed by atoms with Crippen molar-refractivity contribution in [3.8, 4) is 0 Å². The molecule has 1 aromatic carbocycles. The van der Waals surface area contributed by atoms with E-state index < -0.39 is 12.2 Å². The fourth-order valence-corrected chi connectivity index (χ4v) is 1.63. The van der Waals surface area contributed by atoms with Crippen LogP contribution in [-0.4, -0.2) is 22.1 Å². The summed E-state index contributed by atoms with van der Waals surface area (Å²) in [5.74, 6) is 0.200. The van der Waals surface area contributed by atoms with Crippen molar-refractivity contribution in [2.24, 2.45) is 0 Å². The van der Waals surface area contributed by atoms with Gasteiger partial charge in [-0.05, 0) is 13.0 Å². The van der Waals surface area contributed by atoms with E-state index in [4.69, 9.17) is 11.6 Å². The van der Waals surface area contributed by atoms with Gasteiger partial charge in [0.15, 0.2) is 0 Å². The minimum absolute atomic E-state index is 0.200. The predicted molar refractivity (Wildman–Crippen MR) is 61.0 cm³/mol. The number of aryl methyl sites for hydroxylation is 1. The van der Waals surface area contributed by atoms with Crippen LogP contribution in [0.2, 0.25) is 5.02 Å². The Balaban J connectivity index is 2.99. The maximum Gasteiger partial charge on any atom is 0.107 e. The van der Waals surface area contributed by atoms with Crippen LogP contribution in [0.15, 0.2) is 18.2 Å². The molecule has 2 atom stereocenters. The summed E-state index contributed by atoms with van der Waals surface area (Å²) in [6.07, 6.45) is -1.86. The molecule has 14 heavy (non-hydrogen) atoms. The summed E-state index contributed by atoms with van der Waals surface area (Å²) in [4.78, 5) is 0. The van der Waals surface area contributed by atoms with E-state index in [1.165, 1.54) is 0 Å². The van der Waals surface area contributed by atoms with Gasteiger partial charge in [0.25, 0.3) is 0 Å². The molecule has 78 valence electrons. The molecule has 2 nitrogen and oxygen atoms in total. The van der Waals surface area contributed by atoms with Crippen molar-refractivity contribution < 1.29 is 10.2 Å². The number of hydrogen-bond acceptors (Lipinski definition) is 3. The van der Waals surface area contributed by atoms with Crippen LogP contribution < -0.4 is 0 Å². The van der Waals surface area contributed by atoms with Gasteiger partial charge in [-0.15, -0.1) is 0 Å². The summed E-state index contributed by atoms with van der Waals surface area (Å²) in [6.45, 7) is 1.90. The van der Waals surface area contributed by atoms with Crippen LogP contribution in [0.3, 0.4) is 0 Å². The normalized spacial score (nSPS) is 15.2. The zero-order valence-corrected chi connectivity index (χ0v) is 9.46. The Kier molecular flexibility index (Phi) is 4.26. The number of hydrogen-bond donors (Lipinski definition) is 3. The fourth-order valence-electron chi connectivity index (χ4n) is 1.20. The van der Waals surface area contributed by atoms with E-state index in [1.54, 1.807) is 12.1 Å². The Labute approximate surface area is 93.9 Å².